The van der Waals surface area contributed by atoms with E-state index < -0.39 is 47.9 Å². The fraction of sp³-hybridized carbons (Fsp3) is 0.600. The number of phenols is 1. The van der Waals surface area contributed by atoms with Gasteiger partial charge in [0.25, 0.3) is 0 Å². The third-order valence-corrected chi connectivity index (χ3v) is 6.36. The normalized spacial score (nSPS) is 17.9. The van der Waals surface area contributed by atoms with E-state index in [1.807, 2.05) is 0 Å². The highest BCUT2D eigenvalue weighted by atomic mass is 16.4. The van der Waals surface area contributed by atoms with Crippen LogP contribution in [-0.2, 0) is 25.6 Å². The first-order chi connectivity index (χ1) is 17.0. The molecule has 0 saturated carbocycles. The van der Waals surface area contributed by atoms with Crippen LogP contribution in [0.2, 0.25) is 0 Å². The first-order valence-electron chi connectivity index (χ1n) is 12.4. The third-order valence-electron chi connectivity index (χ3n) is 6.36. The molecule has 200 valence electrons. The summed E-state index contributed by atoms with van der Waals surface area (Å²) in [6, 6.07) is 2.68. The molecule has 0 bridgehead atoms. The van der Waals surface area contributed by atoms with Crippen LogP contribution >= 0.6 is 0 Å². The predicted octanol–water partition coefficient (Wildman–Crippen LogP) is 0.0922. The van der Waals surface area contributed by atoms with E-state index >= 15 is 0 Å². The first-order valence-corrected chi connectivity index (χ1v) is 12.4. The highest BCUT2D eigenvalue weighted by molar-refractivity contribution is 5.94. The lowest BCUT2D eigenvalue weighted by Gasteiger charge is -2.30. The van der Waals surface area contributed by atoms with Crippen LogP contribution in [0.1, 0.15) is 51.5 Å². The number of carbonyl (C=O) groups excluding carboxylic acids is 3. The zero-order chi connectivity index (χ0) is 26.8. The van der Waals surface area contributed by atoms with Gasteiger partial charge in [0.15, 0.2) is 0 Å². The minimum atomic E-state index is -1.14. The Labute approximate surface area is 211 Å². The van der Waals surface area contributed by atoms with Gasteiger partial charge >= 0.3 is 5.97 Å². The van der Waals surface area contributed by atoms with Crippen molar-refractivity contribution in [3.8, 4) is 5.75 Å². The van der Waals surface area contributed by atoms with Gasteiger partial charge < -0.3 is 37.2 Å². The molecule has 11 nitrogen and oxygen atoms in total. The monoisotopic (exact) mass is 505 g/mol. The average molecular weight is 506 g/mol. The molecule has 1 saturated heterocycles. The molecular weight excluding hydrogens is 466 g/mol. The summed E-state index contributed by atoms with van der Waals surface area (Å²) in [6.07, 6.45) is 2.81. The summed E-state index contributed by atoms with van der Waals surface area (Å²) in [5.74, 6) is -2.77. The Morgan fingerprint density at radius 2 is 1.78 bits per heavy atom. The molecule has 0 radical (unpaired) electrons. The van der Waals surface area contributed by atoms with Gasteiger partial charge in [-0.15, -0.1) is 0 Å². The molecule has 4 unspecified atom stereocenters. The van der Waals surface area contributed by atoms with Crippen LogP contribution in [0.4, 0.5) is 0 Å². The van der Waals surface area contributed by atoms with Crippen LogP contribution in [0.5, 0.6) is 5.75 Å². The molecule has 1 fully saturated rings. The summed E-state index contributed by atoms with van der Waals surface area (Å²) in [6.45, 7) is 4.16. The number of likely N-dealkylation sites (tertiary alicyclic amines) is 1. The SMILES string of the molecule is CC(C)C(NC(=O)C1CCCN1C(=O)C(CCCCN)NC(=O)C(N)Cc1ccc(O)cc1)C(=O)O. The summed E-state index contributed by atoms with van der Waals surface area (Å²) < 4.78 is 0. The molecule has 1 aromatic rings. The van der Waals surface area contributed by atoms with E-state index in [-0.39, 0.29) is 18.1 Å². The van der Waals surface area contributed by atoms with E-state index in [1.165, 1.54) is 17.0 Å². The average Bonchev–Trinajstić information content (AvgIpc) is 3.32. The van der Waals surface area contributed by atoms with Crippen LogP contribution in [-0.4, -0.2) is 76.1 Å². The topological polar surface area (TPSA) is 188 Å². The highest BCUT2D eigenvalue weighted by Gasteiger charge is 2.39. The van der Waals surface area contributed by atoms with Crippen molar-refractivity contribution >= 4 is 23.7 Å². The number of carbonyl (C=O) groups is 4. The number of benzene rings is 1. The number of aromatic hydroxyl groups is 1. The Bertz CT molecular complexity index is 907. The van der Waals surface area contributed by atoms with E-state index in [9.17, 15) is 29.4 Å². The van der Waals surface area contributed by atoms with Crippen molar-refractivity contribution in [3.05, 3.63) is 29.8 Å². The van der Waals surface area contributed by atoms with E-state index in [0.717, 1.165) is 5.56 Å². The number of phenolic OH excluding ortho intramolecular Hbond substituents is 1. The Morgan fingerprint density at radius 1 is 1.11 bits per heavy atom. The Morgan fingerprint density at radius 3 is 2.36 bits per heavy atom. The number of nitrogens with zero attached hydrogens (tertiary/aromatic N) is 1. The van der Waals surface area contributed by atoms with Gasteiger partial charge in [-0.2, -0.15) is 0 Å². The van der Waals surface area contributed by atoms with Gasteiger partial charge in [-0.25, -0.2) is 4.79 Å². The molecule has 1 aromatic carbocycles. The molecule has 0 aromatic heterocycles. The van der Waals surface area contributed by atoms with E-state index in [0.29, 0.717) is 45.2 Å². The molecule has 8 N–H and O–H groups in total. The second-order valence-electron chi connectivity index (χ2n) is 9.58. The number of nitrogens with one attached hydrogen (secondary N) is 2. The predicted molar refractivity (Wildman–Crippen MR) is 134 cm³/mol. The largest absolute Gasteiger partial charge is 0.508 e. The minimum Gasteiger partial charge on any atom is -0.508 e. The second kappa shape index (κ2) is 13.8. The fourth-order valence-electron chi connectivity index (χ4n) is 4.27. The number of carboxylic acid groups (broad SMARTS) is 1. The van der Waals surface area contributed by atoms with E-state index in [2.05, 4.69) is 10.6 Å². The van der Waals surface area contributed by atoms with Crippen LogP contribution in [0.25, 0.3) is 0 Å². The standard InChI is InChI=1S/C25H39N5O6/c1-15(2)21(25(35)36)29-23(33)20-7-5-13-30(20)24(34)19(6-3-4-12-26)28-22(32)18(27)14-16-8-10-17(31)11-9-16/h8-11,15,18-21,31H,3-7,12-14,26-27H2,1-2H3,(H,28,32)(H,29,33)(H,35,36). The molecule has 4 atom stereocenters. The Balaban J connectivity index is 2.11. The summed E-state index contributed by atoms with van der Waals surface area (Å²) in [5, 5.41) is 24.1. The first kappa shape index (κ1) is 29.1. The Kier molecular flexibility index (Phi) is 11.1. The number of hydrogen-bond donors (Lipinski definition) is 6. The molecule has 11 heteroatoms. The number of amides is 3. The quantitative estimate of drug-likeness (QED) is 0.203. The number of hydrogen-bond acceptors (Lipinski definition) is 7. The molecular formula is C25H39N5O6. The van der Waals surface area contributed by atoms with Gasteiger partial charge in [0, 0.05) is 6.54 Å². The molecule has 0 aliphatic carbocycles. The van der Waals surface area contributed by atoms with Crippen molar-refractivity contribution in [1.29, 1.82) is 0 Å². The number of nitrogens with two attached hydrogens (primary N) is 2. The van der Waals surface area contributed by atoms with Gasteiger partial charge in [0.1, 0.15) is 23.9 Å². The zero-order valence-electron chi connectivity index (χ0n) is 21.0. The summed E-state index contributed by atoms with van der Waals surface area (Å²) in [7, 11) is 0. The summed E-state index contributed by atoms with van der Waals surface area (Å²) in [5.41, 5.74) is 12.4. The molecule has 2 rings (SSSR count). The zero-order valence-corrected chi connectivity index (χ0v) is 21.0. The summed E-state index contributed by atoms with van der Waals surface area (Å²) >= 11 is 0. The molecule has 1 heterocycles. The van der Waals surface area contributed by atoms with Crippen LogP contribution < -0.4 is 22.1 Å². The lowest BCUT2D eigenvalue weighted by atomic mass is 10.0. The van der Waals surface area contributed by atoms with Crippen molar-refractivity contribution in [2.24, 2.45) is 17.4 Å². The van der Waals surface area contributed by atoms with E-state index in [1.54, 1.807) is 26.0 Å². The third kappa shape index (κ3) is 8.20. The molecule has 0 spiro atoms. The molecule has 1 aliphatic rings. The second-order valence-corrected chi connectivity index (χ2v) is 9.58. The number of rotatable bonds is 13. The maximum absolute atomic E-state index is 13.5. The van der Waals surface area contributed by atoms with Crippen molar-refractivity contribution in [3.63, 3.8) is 0 Å². The van der Waals surface area contributed by atoms with Gasteiger partial charge in [0.2, 0.25) is 17.7 Å². The number of aliphatic carboxylic acids is 1. The van der Waals surface area contributed by atoms with Crippen molar-refractivity contribution < 1.29 is 29.4 Å². The Hall–Kier alpha value is -3.18. The highest BCUT2D eigenvalue weighted by Crippen LogP contribution is 2.21. The van der Waals surface area contributed by atoms with Crippen LogP contribution in [0.15, 0.2) is 24.3 Å². The molecule has 36 heavy (non-hydrogen) atoms. The molecule has 3 amide bonds. The number of carboxylic acids is 1. The van der Waals surface area contributed by atoms with Gasteiger partial charge in [0.05, 0.1) is 6.04 Å². The van der Waals surface area contributed by atoms with E-state index in [4.69, 9.17) is 11.5 Å². The van der Waals surface area contributed by atoms with Crippen LogP contribution in [0, 0.1) is 5.92 Å². The maximum Gasteiger partial charge on any atom is 0.326 e. The smallest absolute Gasteiger partial charge is 0.326 e. The van der Waals surface area contributed by atoms with Gasteiger partial charge in [-0.3, -0.25) is 14.4 Å². The van der Waals surface area contributed by atoms with Crippen molar-refractivity contribution in [2.45, 2.75) is 76.5 Å². The maximum atomic E-state index is 13.5. The minimum absolute atomic E-state index is 0.106. The molecule has 1 aliphatic heterocycles. The fourth-order valence-corrected chi connectivity index (χ4v) is 4.27. The summed E-state index contributed by atoms with van der Waals surface area (Å²) in [4.78, 5) is 52.2. The van der Waals surface area contributed by atoms with Crippen LogP contribution in [0.3, 0.4) is 0 Å². The lowest BCUT2D eigenvalue weighted by Crippen LogP contribution is -2.57. The number of unbranched alkanes of at least 4 members (excludes halogenated alkanes) is 1. The van der Waals surface area contributed by atoms with Gasteiger partial charge in [-0.1, -0.05) is 26.0 Å². The van der Waals surface area contributed by atoms with Crippen molar-refractivity contribution in [2.75, 3.05) is 13.1 Å². The van der Waals surface area contributed by atoms with Crippen molar-refractivity contribution in [1.82, 2.24) is 15.5 Å². The van der Waals surface area contributed by atoms with Gasteiger partial charge in [-0.05, 0) is 68.7 Å². The lowest BCUT2D eigenvalue weighted by molar-refractivity contribution is -0.145.